The van der Waals surface area contributed by atoms with Crippen LogP contribution >= 0.6 is 0 Å². The van der Waals surface area contributed by atoms with Crippen LogP contribution in [0.15, 0.2) is 41.6 Å². The maximum Gasteiger partial charge on any atom is 0.418 e. The Balaban J connectivity index is 1.66. The summed E-state index contributed by atoms with van der Waals surface area (Å²) in [5, 5.41) is 16.0. The SMILES string of the molecule is CCc1cc(C(C)=NOCc2ccc(N3CCCCC3)c(C(F)(F)F)c2)ccc1CNCCC(=O)O. The van der Waals surface area contributed by atoms with Crippen molar-refractivity contribution in [2.45, 2.75) is 65.3 Å². The molecule has 1 heterocycles. The maximum atomic E-state index is 13.8. The normalized spacial score (nSPS) is 14.7. The van der Waals surface area contributed by atoms with E-state index < -0.39 is 17.7 Å². The summed E-state index contributed by atoms with van der Waals surface area (Å²) in [6, 6.07) is 10.3. The van der Waals surface area contributed by atoms with Crippen LogP contribution < -0.4 is 10.2 Å². The largest absolute Gasteiger partial charge is 0.481 e. The average molecular weight is 506 g/mol. The van der Waals surface area contributed by atoms with Crippen LogP contribution in [0.4, 0.5) is 18.9 Å². The van der Waals surface area contributed by atoms with E-state index in [9.17, 15) is 18.0 Å². The molecule has 0 spiro atoms. The highest BCUT2D eigenvalue weighted by Crippen LogP contribution is 2.38. The standard InChI is InChI=1S/C27H34F3N3O3/c1-3-21-16-22(8-9-23(21)17-31-12-11-26(34)35)19(2)32-36-18-20-7-10-25(24(15-20)27(28,29)30)33-13-5-4-6-14-33/h7-10,15-16,31H,3-6,11-14,17-18H2,1-2H3,(H,34,35). The Morgan fingerprint density at radius 2 is 1.86 bits per heavy atom. The van der Waals surface area contributed by atoms with Gasteiger partial charge in [-0.1, -0.05) is 30.3 Å². The Kier molecular flexibility index (Phi) is 9.75. The highest BCUT2D eigenvalue weighted by atomic mass is 19.4. The molecule has 0 unspecified atom stereocenters. The van der Waals surface area contributed by atoms with Crippen molar-refractivity contribution in [2.75, 3.05) is 24.5 Å². The van der Waals surface area contributed by atoms with E-state index in [-0.39, 0.29) is 18.7 Å². The molecule has 6 nitrogen and oxygen atoms in total. The van der Waals surface area contributed by atoms with Crippen LogP contribution in [0.25, 0.3) is 0 Å². The van der Waals surface area contributed by atoms with E-state index in [0.29, 0.717) is 37.5 Å². The first kappa shape index (κ1) is 27.5. The molecule has 196 valence electrons. The number of aryl methyl sites for hydroxylation is 1. The van der Waals surface area contributed by atoms with Gasteiger partial charge in [-0.15, -0.1) is 0 Å². The number of nitrogens with one attached hydrogen (secondary N) is 1. The number of halogens is 3. The molecule has 36 heavy (non-hydrogen) atoms. The fourth-order valence-electron chi connectivity index (χ4n) is 4.34. The molecule has 1 aliphatic rings. The monoisotopic (exact) mass is 505 g/mol. The number of hydrogen-bond donors (Lipinski definition) is 2. The first-order chi connectivity index (χ1) is 17.2. The smallest absolute Gasteiger partial charge is 0.418 e. The van der Waals surface area contributed by atoms with Gasteiger partial charge < -0.3 is 20.2 Å². The van der Waals surface area contributed by atoms with E-state index in [0.717, 1.165) is 48.4 Å². The van der Waals surface area contributed by atoms with E-state index in [1.54, 1.807) is 19.1 Å². The zero-order valence-corrected chi connectivity index (χ0v) is 20.8. The third-order valence-electron chi connectivity index (χ3n) is 6.33. The predicted octanol–water partition coefficient (Wildman–Crippen LogP) is 5.76. The predicted molar refractivity (Wildman–Crippen MR) is 134 cm³/mol. The topological polar surface area (TPSA) is 74.2 Å². The van der Waals surface area contributed by atoms with Crippen molar-refractivity contribution in [2.24, 2.45) is 5.16 Å². The number of carboxylic acids is 1. The molecule has 9 heteroatoms. The molecule has 2 aromatic carbocycles. The lowest BCUT2D eigenvalue weighted by molar-refractivity contribution is -0.138. The van der Waals surface area contributed by atoms with Crippen LogP contribution in [-0.4, -0.2) is 36.4 Å². The zero-order chi connectivity index (χ0) is 26.1. The van der Waals surface area contributed by atoms with Crippen molar-refractivity contribution in [3.05, 3.63) is 64.2 Å². The van der Waals surface area contributed by atoms with Crippen molar-refractivity contribution in [3.8, 4) is 0 Å². The number of carboxylic acid groups (broad SMARTS) is 1. The summed E-state index contributed by atoms with van der Waals surface area (Å²) in [6.07, 6.45) is -0.734. The molecular weight excluding hydrogens is 471 g/mol. The minimum absolute atomic E-state index is 0.0626. The molecule has 0 saturated carbocycles. The van der Waals surface area contributed by atoms with Gasteiger partial charge in [0.2, 0.25) is 0 Å². The molecular formula is C27H34F3N3O3. The second-order valence-electron chi connectivity index (χ2n) is 9.00. The summed E-state index contributed by atoms with van der Waals surface area (Å²) in [5.41, 5.74) is 3.67. The van der Waals surface area contributed by atoms with Gasteiger partial charge in [0.1, 0.15) is 6.61 Å². The van der Waals surface area contributed by atoms with Gasteiger partial charge in [0.05, 0.1) is 17.7 Å². The van der Waals surface area contributed by atoms with Gasteiger partial charge in [0.15, 0.2) is 0 Å². The lowest BCUT2D eigenvalue weighted by atomic mass is 10.00. The molecule has 1 fully saturated rings. The third kappa shape index (κ3) is 7.71. The Bertz CT molecular complexity index is 1060. The Hall–Kier alpha value is -3.07. The fraction of sp³-hybridized carbons (Fsp3) is 0.481. The second kappa shape index (κ2) is 12.8. The summed E-state index contributed by atoms with van der Waals surface area (Å²) in [5.74, 6) is -0.840. The Labute approximate surface area is 210 Å². The molecule has 1 aliphatic heterocycles. The van der Waals surface area contributed by atoms with Crippen molar-refractivity contribution >= 4 is 17.4 Å². The molecule has 2 aromatic rings. The molecule has 3 rings (SSSR count). The summed E-state index contributed by atoms with van der Waals surface area (Å²) < 4.78 is 41.3. The minimum Gasteiger partial charge on any atom is -0.481 e. The van der Waals surface area contributed by atoms with Gasteiger partial charge in [-0.2, -0.15) is 13.2 Å². The quantitative estimate of drug-likeness (QED) is 0.231. The van der Waals surface area contributed by atoms with Gasteiger partial charge in [-0.05, 0) is 73.1 Å². The number of rotatable bonds is 11. The number of hydrogen-bond acceptors (Lipinski definition) is 5. The molecule has 0 aromatic heterocycles. The van der Waals surface area contributed by atoms with Crippen molar-refractivity contribution in [1.82, 2.24) is 5.32 Å². The van der Waals surface area contributed by atoms with E-state index in [1.165, 1.54) is 0 Å². The van der Waals surface area contributed by atoms with E-state index in [4.69, 9.17) is 9.94 Å². The molecule has 0 aliphatic carbocycles. The van der Waals surface area contributed by atoms with E-state index in [1.807, 2.05) is 30.0 Å². The molecule has 0 radical (unpaired) electrons. The van der Waals surface area contributed by atoms with Gasteiger partial charge >= 0.3 is 12.1 Å². The van der Waals surface area contributed by atoms with Gasteiger partial charge in [0.25, 0.3) is 0 Å². The molecule has 1 saturated heterocycles. The van der Waals surface area contributed by atoms with Crippen molar-refractivity contribution < 1.29 is 27.9 Å². The Morgan fingerprint density at radius 3 is 2.53 bits per heavy atom. The number of alkyl halides is 3. The highest BCUT2D eigenvalue weighted by molar-refractivity contribution is 5.98. The Morgan fingerprint density at radius 1 is 1.11 bits per heavy atom. The number of carbonyl (C=O) groups is 1. The minimum atomic E-state index is -4.44. The number of oxime groups is 1. The lowest BCUT2D eigenvalue weighted by Gasteiger charge is -2.31. The van der Waals surface area contributed by atoms with Gasteiger partial charge in [-0.3, -0.25) is 4.79 Å². The van der Waals surface area contributed by atoms with Crippen LogP contribution in [0, 0.1) is 0 Å². The van der Waals surface area contributed by atoms with Gasteiger partial charge in [-0.25, -0.2) is 0 Å². The third-order valence-corrected chi connectivity index (χ3v) is 6.33. The number of anilines is 1. The van der Waals surface area contributed by atoms with Crippen LogP contribution in [0.1, 0.15) is 67.3 Å². The highest BCUT2D eigenvalue weighted by Gasteiger charge is 2.35. The fourth-order valence-corrected chi connectivity index (χ4v) is 4.34. The molecule has 0 atom stereocenters. The van der Waals surface area contributed by atoms with Gasteiger partial charge in [0, 0.05) is 31.9 Å². The molecule has 0 bridgehead atoms. The number of benzene rings is 2. The van der Waals surface area contributed by atoms with E-state index >= 15 is 0 Å². The lowest BCUT2D eigenvalue weighted by Crippen LogP contribution is -2.31. The van der Waals surface area contributed by atoms with Crippen LogP contribution in [-0.2, 0) is 35.4 Å². The second-order valence-corrected chi connectivity index (χ2v) is 9.00. The first-order valence-corrected chi connectivity index (χ1v) is 12.4. The van der Waals surface area contributed by atoms with Crippen LogP contribution in [0.3, 0.4) is 0 Å². The summed E-state index contributed by atoms with van der Waals surface area (Å²) in [6.45, 7) is 6.00. The number of aliphatic carboxylic acids is 1. The number of nitrogens with zero attached hydrogens (tertiary/aromatic N) is 2. The van der Waals surface area contributed by atoms with Crippen molar-refractivity contribution in [3.63, 3.8) is 0 Å². The maximum absolute atomic E-state index is 13.8. The van der Waals surface area contributed by atoms with Crippen molar-refractivity contribution in [1.29, 1.82) is 0 Å². The summed E-state index contributed by atoms with van der Waals surface area (Å²) in [4.78, 5) is 17.9. The van der Waals surface area contributed by atoms with E-state index in [2.05, 4.69) is 10.5 Å². The zero-order valence-electron chi connectivity index (χ0n) is 20.8. The molecule has 2 N–H and O–H groups in total. The molecule has 0 amide bonds. The average Bonchev–Trinajstić information content (AvgIpc) is 2.86. The van der Waals surface area contributed by atoms with Crippen LogP contribution in [0.2, 0.25) is 0 Å². The number of piperidine rings is 1. The van der Waals surface area contributed by atoms with Crippen LogP contribution in [0.5, 0.6) is 0 Å². The summed E-state index contributed by atoms with van der Waals surface area (Å²) in [7, 11) is 0. The summed E-state index contributed by atoms with van der Waals surface area (Å²) >= 11 is 0. The first-order valence-electron chi connectivity index (χ1n) is 12.4.